The Kier molecular flexibility index (Phi) is 8.59. The first-order valence-corrected chi connectivity index (χ1v) is 12.6. The van der Waals surface area contributed by atoms with E-state index in [2.05, 4.69) is 5.32 Å². The lowest BCUT2D eigenvalue weighted by molar-refractivity contribution is -0.139. The van der Waals surface area contributed by atoms with Crippen LogP contribution < -0.4 is 9.62 Å². The summed E-state index contributed by atoms with van der Waals surface area (Å²) in [5.74, 6) is -1.59. The van der Waals surface area contributed by atoms with Gasteiger partial charge in [0.25, 0.3) is 10.0 Å². The van der Waals surface area contributed by atoms with Crippen LogP contribution in [0.4, 0.5) is 10.1 Å². The van der Waals surface area contributed by atoms with Gasteiger partial charge in [0.2, 0.25) is 11.8 Å². The van der Waals surface area contributed by atoms with E-state index in [4.69, 9.17) is 0 Å². The van der Waals surface area contributed by atoms with Gasteiger partial charge in [-0.05, 0) is 44.2 Å². The van der Waals surface area contributed by atoms with E-state index in [1.807, 2.05) is 0 Å². The van der Waals surface area contributed by atoms with Crippen LogP contribution in [0.15, 0.2) is 89.8 Å². The monoisotopic (exact) mass is 497 g/mol. The third-order valence-electron chi connectivity index (χ3n) is 5.47. The van der Waals surface area contributed by atoms with Crippen LogP contribution in [0.2, 0.25) is 0 Å². The van der Waals surface area contributed by atoms with Crippen molar-refractivity contribution >= 4 is 27.5 Å². The van der Waals surface area contributed by atoms with Gasteiger partial charge in [0, 0.05) is 18.7 Å². The molecule has 0 fully saturated rings. The van der Waals surface area contributed by atoms with E-state index in [1.165, 1.54) is 42.2 Å². The summed E-state index contributed by atoms with van der Waals surface area (Å²) in [5.41, 5.74) is 0.510. The van der Waals surface area contributed by atoms with Crippen LogP contribution in [0.1, 0.15) is 19.4 Å². The smallest absolute Gasteiger partial charge is 0.264 e. The van der Waals surface area contributed by atoms with Crippen molar-refractivity contribution in [2.45, 2.75) is 31.3 Å². The summed E-state index contributed by atoms with van der Waals surface area (Å²) < 4.78 is 42.5. The van der Waals surface area contributed by atoms with Gasteiger partial charge in [-0.15, -0.1) is 0 Å². The first kappa shape index (κ1) is 25.9. The lowest BCUT2D eigenvalue weighted by Gasteiger charge is -2.32. The van der Waals surface area contributed by atoms with Gasteiger partial charge < -0.3 is 10.2 Å². The third kappa shape index (κ3) is 6.24. The molecule has 0 unspecified atom stereocenters. The van der Waals surface area contributed by atoms with E-state index in [1.54, 1.807) is 61.5 Å². The fourth-order valence-electron chi connectivity index (χ4n) is 3.56. The number of likely N-dealkylation sites (N-methyl/N-ethyl adjacent to an activating group) is 1. The molecule has 3 aromatic carbocycles. The summed E-state index contributed by atoms with van der Waals surface area (Å²) in [5, 5.41) is 2.66. The Morgan fingerprint density at radius 2 is 1.49 bits per heavy atom. The van der Waals surface area contributed by atoms with Crippen molar-refractivity contribution in [3.8, 4) is 0 Å². The van der Waals surface area contributed by atoms with Crippen molar-refractivity contribution in [2.24, 2.45) is 0 Å². The fourth-order valence-corrected chi connectivity index (χ4v) is 4.99. The molecule has 1 N–H and O–H groups in total. The summed E-state index contributed by atoms with van der Waals surface area (Å²) in [6, 6.07) is 21.0. The summed E-state index contributed by atoms with van der Waals surface area (Å²) in [6.07, 6.45) is 0. The number of benzene rings is 3. The molecule has 184 valence electrons. The Labute approximate surface area is 205 Å². The molecule has 0 spiro atoms. The van der Waals surface area contributed by atoms with Crippen molar-refractivity contribution in [1.82, 2.24) is 10.2 Å². The normalized spacial score (nSPS) is 12.0. The number of carbonyl (C=O) groups excluding carboxylic acids is 2. The van der Waals surface area contributed by atoms with Crippen LogP contribution >= 0.6 is 0 Å². The highest BCUT2D eigenvalue weighted by Gasteiger charge is 2.32. The van der Waals surface area contributed by atoms with E-state index < -0.39 is 40.2 Å². The number of sulfonamides is 1. The van der Waals surface area contributed by atoms with Gasteiger partial charge in [-0.3, -0.25) is 13.9 Å². The zero-order valence-electron chi connectivity index (χ0n) is 19.6. The highest BCUT2D eigenvalue weighted by atomic mass is 32.2. The SMILES string of the molecule is CCNC(=O)[C@@H](C)N(Cc1ccccc1F)C(=O)CN(c1ccccc1)S(=O)(=O)c1ccccc1. The topological polar surface area (TPSA) is 86.8 Å². The minimum Gasteiger partial charge on any atom is -0.355 e. The molecule has 1 atom stereocenters. The van der Waals surface area contributed by atoms with Gasteiger partial charge in [-0.1, -0.05) is 54.6 Å². The molecule has 0 aliphatic rings. The fraction of sp³-hybridized carbons (Fsp3) is 0.231. The van der Waals surface area contributed by atoms with Crippen molar-refractivity contribution in [3.63, 3.8) is 0 Å². The summed E-state index contributed by atoms with van der Waals surface area (Å²) in [4.78, 5) is 27.4. The molecule has 0 saturated heterocycles. The van der Waals surface area contributed by atoms with E-state index >= 15 is 0 Å². The molecular formula is C26H28FN3O4S. The second-order valence-corrected chi connectivity index (χ2v) is 9.71. The summed E-state index contributed by atoms with van der Waals surface area (Å²) >= 11 is 0. The number of hydrogen-bond donors (Lipinski definition) is 1. The van der Waals surface area contributed by atoms with Crippen LogP contribution in [-0.2, 0) is 26.2 Å². The number of nitrogens with zero attached hydrogens (tertiary/aromatic N) is 2. The van der Waals surface area contributed by atoms with Gasteiger partial charge in [0.05, 0.1) is 10.6 Å². The van der Waals surface area contributed by atoms with E-state index in [9.17, 15) is 22.4 Å². The molecule has 2 amide bonds. The lowest BCUT2D eigenvalue weighted by atomic mass is 10.1. The van der Waals surface area contributed by atoms with Crippen molar-refractivity contribution in [3.05, 3.63) is 96.3 Å². The zero-order valence-corrected chi connectivity index (χ0v) is 20.4. The number of hydrogen-bond acceptors (Lipinski definition) is 4. The highest BCUT2D eigenvalue weighted by Crippen LogP contribution is 2.24. The molecule has 0 aliphatic carbocycles. The van der Waals surface area contributed by atoms with E-state index in [-0.39, 0.29) is 17.0 Å². The van der Waals surface area contributed by atoms with Crippen LogP contribution in [0.3, 0.4) is 0 Å². The minimum absolute atomic E-state index is 0.0223. The molecule has 35 heavy (non-hydrogen) atoms. The second kappa shape index (κ2) is 11.6. The second-order valence-electron chi connectivity index (χ2n) is 7.84. The number of carbonyl (C=O) groups is 2. The minimum atomic E-state index is -4.11. The molecule has 0 heterocycles. The number of anilines is 1. The maximum atomic E-state index is 14.4. The molecular weight excluding hydrogens is 469 g/mol. The van der Waals surface area contributed by atoms with Gasteiger partial charge in [0.1, 0.15) is 18.4 Å². The predicted molar refractivity (Wildman–Crippen MR) is 133 cm³/mol. The van der Waals surface area contributed by atoms with E-state index in [0.29, 0.717) is 12.2 Å². The third-order valence-corrected chi connectivity index (χ3v) is 7.26. The zero-order chi connectivity index (χ0) is 25.4. The van der Waals surface area contributed by atoms with Crippen LogP contribution in [0, 0.1) is 5.82 Å². The van der Waals surface area contributed by atoms with Crippen LogP contribution in [-0.4, -0.2) is 44.3 Å². The number of halogens is 1. The standard InChI is InChI=1S/C26H28FN3O4S/c1-3-28-26(32)20(2)29(18-21-12-10-11-17-24(21)27)25(31)19-30(22-13-6-4-7-14-22)35(33,34)23-15-8-5-9-16-23/h4-17,20H,3,18-19H2,1-2H3,(H,28,32)/t20-/m1/s1. The lowest BCUT2D eigenvalue weighted by Crippen LogP contribution is -2.51. The summed E-state index contributed by atoms with van der Waals surface area (Å²) in [7, 11) is -4.11. The van der Waals surface area contributed by atoms with Crippen molar-refractivity contribution in [2.75, 3.05) is 17.4 Å². The molecule has 3 aromatic rings. The van der Waals surface area contributed by atoms with Crippen molar-refractivity contribution in [1.29, 1.82) is 0 Å². The van der Waals surface area contributed by atoms with Gasteiger partial charge in [0.15, 0.2) is 0 Å². The van der Waals surface area contributed by atoms with Crippen LogP contribution in [0.25, 0.3) is 0 Å². The number of rotatable bonds is 10. The largest absolute Gasteiger partial charge is 0.355 e. The Balaban J connectivity index is 2.00. The molecule has 0 aromatic heterocycles. The van der Waals surface area contributed by atoms with Crippen molar-refractivity contribution < 1.29 is 22.4 Å². The Morgan fingerprint density at radius 1 is 0.914 bits per heavy atom. The molecule has 7 nitrogen and oxygen atoms in total. The molecule has 0 aliphatic heterocycles. The average molecular weight is 498 g/mol. The molecule has 3 rings (SSSR count). The predicted octanol–water partition coefficient (Wildman–Crippen LogP) is 3.57. The molecule has 0 saturated carbocycles. The number of para-hydroxylation sites is 1. The Morgan fingerprint density at radius 3 is 2.09 bits per heavy atom. The highest BCUT2D eigenvalue weighted by molar-refractivity contribution is 7.92. The van der Waals surface area contributed by atoms with Crippen LogP contribution in [0.5, 0.6) is 0 Å². The quantitative estimate of drug-likeness (QED) is 0.464. The Hall–Kier alpha value is -3.72. The maximum Gasteiger partial charge on any atom is 0.264 e. The average Bonchev–Trinajstić information content (AvgIpc) is 2.87. The molecule has 0 radical (unpaired) electrons. The first-order valence-electron chi connectivity index (χ1n) is 11.2. The first-order chi connectivity index (χ1) is 16.8. The summed E-state index contributed by atoms with van der Waals surface area (Å²) in [6.45, 7) is 2.86. The number of amides is 2. The van der Waals surface area contributed by atoms with Gasteiger partial charge >= 0.3 is 0 Å². The maximum absolute atomic E-state index is 14.4. The Bertz CT molecular complexity index is 1250. The number of nitrogens with one attached hydrogen (secondary N) is 1. The van der Waals surface area contributed by atoms with Gasteiger partial charge in [-0.2, -0.15) is 0 Å². The van der Waals surface area contributed by atoms with Gasteiger partial charge in [-0.25, -0.2) is 12.8 Å². The van der Waals surface area contributed by atoms with E-state index in [0.717, 1.165) is 4.31 Å². The molecule has 9 heteroatoms. The molecule has 0 bridgehead atoms.